The molecule has 0 bridgehead atoms. The number of hydrogen-bond donors (Lipinski definition) is 1. The van der Waals surface area contributed by atoms with E-state index in [1.165, 1.54) is 24.3 Å². The van der Waals surface area contributed by atoms with Crippen molar-refractivity contribution >= 4 is 11.6 Å². The Hall–Kier alpha value is -2.16. The lowest BCUT2D eigenvalue weighted by atomic mass is 10.1. The lowest BCUT2D eigenvalue weighted by Gasteiger charge is -2.10. The summed E-state index contributed by atoms with van der Waals surface area (Å²) in [6, 6.07) is 11.2. The van der Waals surface area contributed by atoms with Gasteiger partial charge in [0.25, 0.3) is 5.91 Å². The molecule has 0 spiro atoms. The molecule has 0 aliphatic carbocycles. The molecule has 0 aromatic heterocycles. The molecule has 2 nitrogen and oxygen atoms in total. The van der Waals surface area contributed by atoms with E-state index >= 15 is 0 Å². The highest BCUT2D eigenvalue weighted by molar-refractivity contribution is 6.04. The number of halogens is 1. The molecule has 3 heteroatoms. The van der Waals surface area contributed by atoms with Gasteiger partial charge in [0.15, 0.2) is 0 Å². The van der Waals surface area contributed by atoms with Gasteiger partial charge >= 0.3 is 0 Å². The maximum atomic E-state index is 12.8. The minimum Gasteiger partial charge on any atom is -0.322 e. The maximum absolute atomic E-state index is 12.8. The van der Waals surface area contributed by atoms with Crippen LogP contribution in [0.25, 0.3) is 0 Å². The molecule has 0 saturated heterocycles. The van der Waals surface area contributed by atoms with Gasteiger partial charge in [-0.25, -0.2) is 4.39 Å². The van der Waals surface area contributed by atoms with Crippen molar-refractivity contribution in [1.82, 2.24) is 0 Å². The highest BCUT2D eigenvalue weighted by Crippen LogP contribution is 2.18. The van der Waals surface area contributed by atoms with Crippen LogP contribution in [0, 0.1) is 19.7 Å². The fraction of sp³-hybridized carbons (Fsp3) is 0.133. The standard InChI is InChI=1S/C15H14FNO/c1-10-4-3-5-14(11(10)2)17-15(18)12-6-8-13(16)9-7-12/h3-9H,1-2H3,(H,17,18). The molecular formula is C15H14FNO. The Labute approximate surface area is 105 Å². The first-order chi connectivity index (χ1) is 8.58. The number of benzene rings is 2. The Morgan fingerprint density at radius 3 is 2.39 bits per heavy atom. The first-order valence-electron chi connectivity index (χ1n) is 5.71. The van der Waals surface area contributed by atoms with Crippen molar-refractivity contribution in [3.63, 3.8) is 0 Å². The van der Waals surface area contributed by atoms with Crippen LogP contribution in [-0.2, 0) is 0 Å². The molecule has 0 heterocycles. The number of anilines is 1. The van der Waals surface area contributed by atoms with Crippen molar-refractivity contribution in [2.24, 2.45) is 0 Å². The number of rotatable bonds is 2. The molecule has 92 valence electrons. The molecule has 0 unspecified atom stereocenters. The second kappa shape index (κ2) is 5.00. The summed E-state index contributed by atoms with van der Waals surface area (Å²) in [7, 11) is 0. The largest absolute Gasteiger partial charge is 0.322 e. The Morgan fingerprint density at radius 2 is 1.72 bits per heavy atom. The molecule has 0 radical (unpaired) electrons. The second-order valence-electron chi connectivity index (χ2n) is 4.21. The minimum absolute atomic E-state index is 0.233. The van der Waals surface area contributed by atoms with Crippen molar-refractivity contribution in [3.8, 4) is 0 Å². The zero-order chi connectivity index (χ0) is 13.1. The van der Waals surface area contributed by atoms with E-state index in [-0.39, 0.29) is 11.7 Å². The Balaban J connectivity index is 2.21. The van der Waals surface area contributed by atoms with Gasteiger partial charge in [0.1, 0.15) is 5.82 Å². The summed E-state index contributed by atoms with van der Waals surface area (Å²) in [5.74, 6) is -0.581. The number of nitrogens with one attached hydrogen (secondary N) is 1. The number of carbonyl (C=O) groups excluding carboxylic acids is 1. The number of aryl methyl sites for hydroxylation is 1. The minimum atomic E-state index is -0.349. The topological polar surface area (TPSA) is 29.1 Å². The molecule has 2 aromatic rings. The third-order valence-electron chi connectivity index (χ3n) is 2.96. The smallest absolute Gasteiger partial charge is 0.255 e. The van der Waals surface area contributed by atoms with Crippen LogP contribution in [0.2, 0.25) is 0 Å². The molecule has 1 amide bonds. The van der Waals surface area contributed by atoms with E-state index in [2.05, 4.69) is 5.32 Å². The van der Waals surface area contributed by atoms with Gasteiger partial charge in [-0.05, 0) is 55.3 Å². The van der Waals surface area contributed by atoms with Crippen molar-refractivity contribution in [2.45, 2.75) is 13.8 Å². The monoisotopic (exact) mass is 243 g/mol. The van der Waals surface area contributed by atoms with E-state index < -0.39 is 0 Å². The molecule has 2 aromatic carbocycles. The fourth-order valence-electron chi connectivity index (χ4n) is 1.68. The summed E-state index contributed by atoms with van der Waals surface area (Å²) in [5, 5.41) is 2.83. The average molecular weight is 243 g/mol. The molecule has 18 heavy (non-hydrogen) atoms. The summed E-state index contributed by atoms with van der Waals surface area (Å²) >= 11 is 0. The number of amides is 1. The summed E-state index contributed by atoms with van der Waals surface area (Å²) in [4.78, 5) is 12.0. The molecule has 1 N–H and O–H groups in total. The van der Waals surface area contributed by atoms with Gasteiger partial charge in [-0.15, -0.1) is 0 Å². The van der Waals surface area contributed by atoms with Crippen molar-refractivity contribution < 1.29 is 9.18 Å². The van der Waals surface area contributed by atoms with Crippen molar-refractivity contribution in [2.75, 3.05) is 5.32 Å². The van der Waals surface area contributed by atoms with Crippen LogP contribution >= 0.6 is 0 Å². The zero-order valence-electron chi connectivity index (χ0n) is 10.3. The van der Waals surface area contributed by atoms with Crippen LogP contribution in [0.15, 0.2) is 42.5 Å². The van der Waals surface area contributed by atoms with E-state index in [1.807, 2.05) is 32.0 Å². The highest BCUT2D eigenvalue weighted by atomic mass is 19.1. The van der Waals surface area contributed by atoms with Gasteiger partial charge in [-0.2, -0.15) is 0 Å². The lowest BCUT2D eigenvalue weighted by Crippen LogP contribution is -2.13. The Bertz CT molecular complexity index is 576. The predicted molar refractivity (Wildman–Crippen MR) is 70.3 cm³/mol. The zero-order valence-corrected chi connectivity index (χ0v) is 10.3. The average Bonchev–Trinajstić information content (AvgIpc) is 2.36. The van der Waals surface area contributed by atoms with Gasteiger partial charge in [0.2, 0.25) is 0 Å². The third-order valence-corrected chi connectivity index (χ3v) is 2.96. The fourth-order valence-corrected chi connectivity index (χ4v) is 1.68. The molecular weight excluding hydrogens is 229 g/mol. The van der Waals surface area contributed by atoms with Crippen LogP contribution in [-0.4, -0.2) is 5.91 Å². The lowest BCUT2D eigenvalue weighted by molar-refractivity contribution is 0.102. The molecule has 0 saturated carbocycles. The van der Waals surface area contributed by atoms with Gasteiger partial charge in [0, 0.05) is 11.3 Å². The van der Waals surface area contributed by atoms with Crippen molar-refractivity contribution in [3.05, 3.63) is 65.0 Å². The summed E-state index contributed by atoms with van der Waals surface area (Å²) in [5.41, 5.74) is 3.38. The van der Waals surface area contributed by atoms with Gasteiger partial charge in [-0.1, -0.05) is 12.1 Å². The van der Waals surface area contributed by atoms with E-state index in [4.69, 9.17) is 0 Å². The van der Waals surface area contributed by atoms with Gasteiger partial charge in [0.05, 0.1) is 0 Å². The summed E-state index contributed by atoms with van der Waals surface area (Å²) in [6.07, 6.45) is 0. The van der Waals surface area contributed by atoms with E-state index in [0.717, 1.165) is 16.8 Å². The first-order valence-corrected chi connectivity index (χ1v) is 5.71. The quantitative estimate of drug-likeness (QED) is 0.856. The Morgan fingerprint density at radius 1 is 1.06 bits per heavy atom. The van der Waals surface area contributed by atoms with E-state index in [1.54, 1.807) is 0 Å². The predicted octanol–water partition coefficient (Wildman–Crippen LogP) is 3.69. The van der Waals surface area contributed by atoms with E-state index in [9.17, 15) is 9.18 Å². The SMILES string of the molecule is Cc1cccc(NC(=O)c2ccc(F)cc2)c1C. The third kappa shape index (κ3) is 2.56. The molecule has 0 atom stereocenters. The molecule has 0 fully saturated rings. The first kappa shape index (κ1) is 12.3. The van der Waals surface area contributed by atoms with Crippen LogP contribution in [0.3, 0.4) is 0 Å². The van der Waals surface area contributed by atoms with Crippen LogP contribution in [0.5, 0.6) is 0 Å². The van der Waals surface area contributed by atoms with Crippen LogP contribution in [0.4, 0.5) is 10.1 Å². The van der Waals surface area contributed by atoms with Crippen LogP contribution in [0.1, 0.15) is 21.5 Å². The molecule has 0 aliphatic rings. The van der Waals surface area contributed by atoms with Gasteiger partial charge in [-0.3, -0.25) is 4.79 Å². The highest BCUT2D eigenvalue weighted by Gasteiger charge is 2.08. The Kier molecular flexibility index (Phi) is 3.42. The number of hydrogen-bond acceptors (Lipinski definition) is 1. The maximum Gasteiger partial charge on any atom is 0.255 e. The van der Waals surface area contributed by atoms with Crippen molar-refractivity contribution in [1.29, 1.82) is 0 Å². The molecule has 0 aliphatic heterocycles. The van der Waals surface area contributed by atoms with Gasteiger partial charge < -0.3 is 5.32 Å². The summed E-state index contributed by atoms with van der Waals surface area (Å²) < 4.78 is 12.8. The second-order valence-corrected chi connectivity index (χ2v) is 4.21. The normalized spacial score (nSPS) is 10.2. The van der Waals surface area contributed by atoms with E-state index in [0.29, 0.717) is 5.56 Å². The van der Waals surface area contributed by atoms with Crippen LogP contribution < -0.4 is 5.32 Å². The molecule has 2 rings (SSSR count). The number of carbonyl (C=O) groups is 1. The summed E-state index contributed by atoms with van der Waals surface area (Å²) in [6.45, 7) is 3.94.